The molecule has 0 saturated heterocycles. The van der Waals surface area contributed by atoms with Crippen LogP contribution in [0.1, 0.15) is 11.3 Å². The molecule has 18 heavy (non-hydrogen) atoms. The van der Waals surface area contributed by atoms with Gasteiger partial charge in [-0.1, -0.05) is 28.1 Å². The highest BCUT2D eigenvalue weighted by Crippen LogP contribution is 2.24. The highest BCUT2D eigenvalue weighted by molar-refractivity contribution is 9.10. The lowest BCUT2D eigenvalue weighted by Gasteiger charge is -2.06. The molecule has 0 fully saturated rings. The summed E-state index contributed by atoms with van der Waals surface area (Å²) in [6.45, 7) is 1.98. The largest absolute Gasteiger partial charge is 0.424 e. The fourth-order valence-corrected chi connectivity index (χ4v) is 1.67. The van der Waals surface area contributed by atoms with Crippen LogP contribution in [0.4, 0.5) is 0 Å². The molecule has 0 saturated carbocycles. The van der Waals surface area contributed by atoms with Gasteiger partial charge in [0.05, 0.1) is 0 Å². The third kappa shape index (κ3) is 3.02. The van der Waals surface area contributed by atoms with Crippen LogP contribution in [0, 0.1) is 6.92 Å². The predicted octanol–water partition coefficient (Wildman–Crippen LogP) is 2.97. The second-order valence-electron chi connectivity index (χ2n) is 3.60. The number of thiocarbonyl (C=S) groups is 1. The second kappa shape index (κ2) is 5.41. The summed E-state index contributed by atoms with van der Waals surface area (Å²) in [5, 5.41) is 0. The van der Waals surface area contributed by atoms with Gasteiger partial charge in [-0.25, -0.2) is 4.98 Å². The van der Waals surface area contributed by atoms with E-state index in [4.69, 9.17) is 22.7 Å². The van der Waals surface area contributed by atoms with Crippen molar-refractivity contribution in [1.82, 2.24) is 9.97 Å². The van der Waals surface area contributed by atoms with Gasteiger partial charge in [0, 0.05) is 10.7 Å². The van der Waals surface area contributed by atoms with Gasteiger partial charge in [0.1, 0.15) is 16.4 Å². The summed E-state index contributed by atoms with van der Waals surface area (Å²) in [6.07, 6.45) is 1.56. The number of nitrogens with zero attached hydrogens (tertiary/aromatic N) is 2. The topological polar surface area (TPSA) is 61.0 Å². The normalized spacial score (nSPS) is 10.1. The summed E-state index contributed by atoms with van der Waals surface area (Å²) in [4.78, 5) is 8.33. The fourth-order valence-electron chi connectivity index (χ4n) is 1.31. The van der Waals surface area contributed by atoms with E-state index in [1.165, 1.54) is 0 Å². The molecule has 0 aliphatic carbocycles. The van der Waals surface area contributed by atoms with E-state index in [0.29, 0.717) is 11.4 Å². The molecule has 6 heteroatoms. The van der Waals surface area contributed by atoms with Crippen molar-refractivity contribution in [3.05, 3.63) is 46.2 Å². The number of hydrogen-bond acceptors (Lipinski definition) is 4. The molecular weight excluding hydrogens is 314 g/mol. The van der Waals surface area contributed by atoms with Gasteiger partial charge in [-0.2, -0.15) is 4.98 Å². The number of aromatic nitrogens is 2. The Balaban J connectivity index is 2.25. The van der Waals surface area contributed by atoms with E-state index in [2.05, 4.69) is 25.9 Å². The Morgan fingerprint density at radius 1 is 1.39 bits per heavy atom. The quantitative estimate of drug-likeness (QED) is 0.880. The zero-order chi connectivity index (χ0) is 13.1. The molecule has 1 heterocycles. The van der Waals surface area contributed by atoms with Gasteiger partial charge < -0.3 is 10.5 Å². The summed E-state index contributed by atoms with van der Waals surface area (Å²) >= 11 is 8.27. The van der Waals surface area contributed by atoms with Gasteiger partial charge in [0.2, 0.25) is 0 Å². The number of halogens is 1. The molecule has 0 radical (unpaired) electrons. The van der Waals surface area contributed by atoms with Crippen molar-refractivity contribution in [1.29, 1.82) is 0 Å². The van der Waals surface area contributed by atoms with E-state index < -0.39 is 0 Å². The van der Waals surface area contributed by atoms with Crippen LogP contribution in [-0.4, -0.2) is 15.0 Å². The van der Waals surface area contributed by atoms with E-state index in [9.17, 15) is 0 Å². The van der Waals surface area contributed by atoms with Crippen LogP contribution < -0.4 is 10.5 Å². The lowest BCUT2D eigenvalue weighted by atomic mass is 10.2. The van der Waals surface area contributed by atoms with Gasteiger partial charge in [-0.05, 0) is 36.8 Å². The minimum absolute atomic E-state index is 0.217. The molecule has 1 aromatic carbocycles. The molecule has 0 bridgehead atoms. The molecule has 0 aliphatic heterocycles. The van der Waals surface area contributed by atoms with Crippen molar-refractivity contribution in [3.63, 3.8) is 0 Å². The van der Waals surface area contributed by atoms with Gasteiger partial charge >= 0.3 is 6.01 Å². The average Bonchev–Trinajstić information content (AvgIpc) is 2.34. The maximum Gasteiger partial charge on any atom is 0.322 e. The van der Waals surface area contributed by atoms with Crippen LogP contribution in [-0.2, 0) is 0 Å². The van der Waals surface area contributed by atoms with Crippen LogP contribution in [0.3, 0.4) is 0 Å². The zero-order valence-corrected chi connectivity index (χ0v) is 12.0. The standard InChI is InChI=1S/C12H10BrN3OS/c1-7-6-8(2-3-9(7)13)17-12-15-5-4-10(16-12)11(14)18/h2-6H,1H3,(H2,14,18). The summed E-state index contributed by atoms with van der Waals surface area (Å²) in [5.41, 5.74) is 7.06. The lowest BCUT2D eigenvalue weighted by molar-refractivity contribution is 0.441. The Morgan fingerprint density at radius 2 is 2.17 bits per heavy atom. The maximum absolute atomic E-state index is 5.55. The van der Waals surface area contributed by atoms with Gasteiger partial charge in [-0.3, -0.25) is 0 Å². The smallest absolute Gasteiger partial charge is 0.322 e. The Labute approximate surface area is 118 Å². The molecule has 0 spiro atoms. The first-order valence-corrected chi connectivity index (χ1v) is 6.33. The minimum Gasteiger partial charge on any atom is -0.424 e. The van der Waals surface area contributed by atoms with E-state index >= 15 is 0 Å². The SMILES string of the molecule is Cc1cc(Oc2nccc(C(N)=S)n2)ccc1Br. The highest BCUT2D eigenvalue weighted by atomic mass is 79.9. The number of ether oxygens (including phenoxy) is 1. The third-order valence-electron chi connectivity index (χ3n) is 2.22. The Hall–Kier alpha value is -1.53. The molecule has 2 N–H and O–H groups in total. The molecule has 92 valence electrons. The second-order valence-corrected chi connectivity index (χ2v) is 4.90. The molecule has 4 nitrogen and oxygen atoms in total. The van der Waals surface area contributed by atoms with Crippen molar-refractivity contribution in [2.24, 2.45) is 5.73 Å². The van der Waals surface area contributed by atoms with Crippen molar-refractivity contribution >= 4 is 33.1 Å². The van der Waals surface area contributed by atoms with E-state index in [1.807, 2.05) is 25.1 Å². The van der Waals surface area contributed by atoms with Gasteiger partial charge in [0.25, 0.3) is 0 Å². The first kappa shape index (κ1) is 12.9. The summed E-state index contributed by atoms with van der Waals surface area (Å²) < 4.78 is 6.57. The predicted molar refractivity (Wildman–Crippen MR) is 76.9 cm³/mol. The zero-order valence-electron chi connectivity index (χ0n) is 9.55. The van der Waals surface area contributed by atoms with Crippen LogP contribution >= 0.6 is 28.1 Å². The maximum atomic E-state index is 5.55. The van der Waals surface area contributed by atoms with Crippen LogP contribution in [0.5, 0.6) is 11.8 Å². The van der Waals surface area contributed by atoms with Gasteiger partial charge in [0.15, 0.2) is 0 Å². The van der Waals surface area contributed by atoms with Crippen LogP contribution in [0.25, 0.3) is 0 Å². The first-order chi connectivity index (χ1) is 8.56. The van der Waals surface area contributed by atoms with Crippen molar-refractivity contribution < 1.29 is 4.74 Å². The van der Waals surface area contributed by atoms with Gasteiger partial charge in [-0.15, -0.1) is 0 Å². The molecule has 0 atom stereocenters. The summed E-state index contributed by atoms with van der Waals surface area (Å²) in [6, 6.07) is 7.49. The lowest BCUT2D eigenvalue weighted by Crippen LogP contribution is -2.12. The molecular formula is C12H10BrN3OS. The monoisotopic (exact) mass is 323 g/mol. The summed E-state index contributed by atoms with van der Waals surface area (Å²) in [7, 11) is 0. The minimum atomic E-state index is 0.217. The van der Waals surface area contributed by atoms with E-state index in [-0.39, 0.29) is 11.0 Å². The Bertz CT molecular complexity index is 604. The number of benzene rings is 1. The van der Waals surface area contributed by atoms with E-state index in [1.54, 1.807) is 12.3 Å². The van der Waals surface area contributed by atoms with Crippen molar-refractivity contribution in [2.75, 3.05) is 0 Å². The van der Waals surface area contributed by atoms with Crippen LogP contribution in [0.15, 0.2) is 34.9 Å². The number of rotatable bonds is 3. The van der Waals surface area contributed by atoms with Crippen molar-refractivity contribution in [2.45, 2.75) is 6.92 Å². The average molecular weight is 324 g/mol. The molecule has 0 aliphatic rings. The number of hydrogen-bond donors (Lipinski definition) is 1. The molecule has 2 rings (SSSR count). The number of aryl methyl sites for hydroxylation is 1. The Kier molecular flexibility index (Phi) is 3.88. The van der Waals surface area contributed by atoms with Crippen molar-refractivity contribution in [3.8, 4) is 11.8 Å². The molecule has 0 amide bonds. The molecule has 1 aromatic heterocycles. The highest BCUT2D eigenvalue weighted by Gasteiger charge is 2.05. The fraction of sp³-hybridized carbons (Fsp3) is 0.0833. The first-order valence-electron chi connectivity index (χ1n) is 5.13. The Morgan fingerprint density at radius 3 is 2.83 bits per heavy atom. The summed E-state index contributed by atoms with van der Waals surface area (Å²) in [5.74, 6) is 0.663. The van der Waals surface area contributed by atoms with Crippen LogP contribution in [0.2, 0.25) is 0 Å². The number of nitrogens with two attached hydrogens (primary N) is 1. The van der Waals surface area contributed by atoms with E-state index in [0.717, 1.165) is 10.0 Å². The molecule has 2 aromatic rings. The third-order valence-corrected chi connectivity index (χ3v) is 3.32. The molecule has 0 unspecified atom stereocenters.